The lowest BCUT2D eigenvalue weighted by Crippen LogP contribution is -2.26. The van der Waals surface area contributed by atoms with E-state index in [1.54, 1.807) is 6.92 Å². The van der Waals surface area contributed by atoms with Gasteiger partial charge in [0, 0.05) is 24.9 Å². The second-order valence-corrected chi connectivity index (χ2v) is 4.54. The maximum Gasteiger partial charge on any atom is 0.220 e. The lowest BCUT2D eigenvalue weighted by atomic mass is 10.1. The Morgan fingerprint density at radius 1 is 1.25 bits per heavy atom. The summed E-state index contributed by atoms with van der Waals surface area (Å²) in [5, 5.41) is 11.6. The SMILES string of the molecule is CC(O)CCNC(=O)CCC(=O)c1ccc(F)c(F)c1. The van der Waals surface area contributed by atoms with Crippen LogP contribution in [0.5, 0.6) is 0 Å². The zero-order valence-electron chi connectivity index (χ0n) is 11.2. The van der Waals surface area contributed by atoms with Gasteiger partial charge in [0.05, 0.1) is 6.10 Å². The van der Waals surface area contributed by atoms with E-state index in [1.807, 2.05) is 0 Å². The number of benzene rings is 1. The third-order valence-corrected chi connectivity index (χ3v) is 2.70. The number of nitrogens with one attached hydrogen (secondary N) is 1. The smallest absolute Gasteiger partial charge is 0.220 e. The van der Waals surface area contributed by atoms with Crippen molar-refractivity contribution in [2.24, 2.45) is 0 Å². The minimum atomic E-state index is -1.09. The van der Waals surface area contributed by atoms with Crippen molar-refractivity contribution in [3.8, 4) is 0 Å². The van der Waals surface area contributed by atoms with E-state index in [2.05, 4.69) is 5.32 Å². The minimum absolute atomic E-state index is 0.0301. The second-order valence-electron chi connectivity index (χ2n) is 4.54. The van der Waals surface area contributed by atoms with Crippen molar-refractivity contribution in [1.82, 2.24) is 5.32 Å². The molecule has 0 aliphatic carbocycles. The van der Waals surface area contributed by atoms with Gasteiger partial charge in [-0.1, -0.05) is 0 Å². The highest BCUT2D eigenvalue weighted by atomic mass is 19.2. The molecule has 6 heteroatoms. The van der Waals surface area contributed by atoms with E-state index < -0.39 is 23.5 Å². The Hall–Kier alpha value is -1.82. The first-order valence-corrected chi connectivity index (χ1v) is 6.33. The molecule has 0 fully saturated rings. The van der Waals surface area contributed by atoms with Crippen molar-refractivity contribution in [2.75, 3.05) is 6.54 Å². The van der Waals surface area contributed by atoms with E-state index in [0.717, 1.165) is 12.1 Å². The first-order valence-electron chi connectivity index (χ1n) is 6.33. The number of halogens is 2. The molecule has 0 aliphatic heterocycles. The Labute approximate surface area is 115 Å². The Morgan fingerprint density at radius 2 is 1.95 bits per heavy atom. The van der Waals surface area contributed by atoms with Gasteiger partial charge in [-0.25, -0.2) is 8.78 Å². The van der Waals surface area contributed by atoms with Crippen LogP contribution in [-0.2, 0) is 4.79 Å². The molecule has 1 atom stereocenters. The predicted molar refractivity (Wildman–Crippen MR) is 69.2 cm³/mol. The molecule has 0 aliphatic rings. The predicted octanol–water partition coefficient (Wildman–Crippen LogP) is 1.81. The summed E-state index contributed by atoms with van der Waals surface area (Å²) < 4.78 is 25.7. The van der Waals surface area contributed by atoms with Crippen molar-refractivity contribution in [3.05, 3.63) is 35.4 Å². The number of Topliss-reactive ketones (excluding diaryl/α,β-unsaturated/α-hetero) is 1. The van der Waals surface area contributed by atoms with Crippen LogP contribution in [0, 0.1) is 11.6 Å². The van der Waals surface area contributed by atoms with Gasteiger partial charge in [0.15, 0.2) is 17.4 Å². The summed E-state index contributed by atoms with van der Waals surface area (Å²) in [6.07, 6.45) is -0.175. The molecule has 0 saturated heterocycles. The maximum atomic E-state index is 13.0. The molecule has 1 aromatic carbocycles. The molecule has 20 heavy (non-hydrogen) atoms. The van der Waals surface area contributed by atoms with Gasteiger partial charge in [-0.3, -0.25) is 9.59 Å². The summed E-state index contributed by atoms with van der Waals surface area (Å²) in [5.74, 6) is -2.84. The number of hydrogen-bond donors (Lipinski definition) is 2. The molecule has 110 valence electrons. The molecular weight excluding hydrogens is 268 g/mol. The fraction of sp³-hybridized carbons (Fsp3) is 0.429. The first kappa shape index (κ1) is 16.2. The largest absolute Gasteiger partial charge is 0.393 e. The average Bonchev–Trinajstić information content (AvgIpc) is 2.38. The summed E-state index contributed by atoms with van der Waals surface area (Å²) in [7, 11) is 0. The number of ketones is 1. The summed E-state index contributed by atoms with van der Waals surface area (Å²) in [6, 6.07) is 2.89. The van der Waals surface area contributed by atoms with E-state index in [0.29, 0.717) is 13.0 Å². The van der Waals surface area contributed by atoms with Crippen molar-refractivity contribution in [2.45, 2.75) is 32.3 Å². The molecular formula is C14H17F2NO3. The Bertz CT molecular complexity index is 489. The second kappa shape index (κ2) is 7.69. The summed E-state index contributed by atoms with van der Waals surface area (Å²) in [5.41, 5.74) is 0.0423. The van der Waals surface area contributed by atoms with Crippen LogP contribution in [-0.4, -0.2) is 29.4 Å². The highest BCUT2D eigenvalue weighted by Gasteiger charge is 2.11. The minimum Gasteiger partial charge on any atom is -0.393 e. The van der Waals surface area contributed by atoms with Crippen molar-refractivity contribution >= 4 is 11.7 Å². The van der Waals surface area contributed by atoms with Crippen molar-refractivity contribution in [3.63, 3.8) is 0 Å². The van der Waals surface area contributed by atoms with Crippen LogP contribution >= 0.6 is 0 Å². The molecule has 0 spiro atoms. The quantitative estimate of drug-likeness (QED) is 0.751. The van der Waals surface area contributed by atoms with Crippen LogP contribution < -0.4 is 5.32 Å². The van der Waals surface area contributed by atoms with Gasteiger partial charge in [-0.15, -0.1) is 0 Å². The number of carbonyl (C=O) groups is 2. The number of hydrogen-bond acceptors (Lipinski definition) is 3. The molecule has 1 rings (SSSR count). The van der Waals surface area contributed by atoms with Crippen LogP contribution in [0.2, 0.25) is 0 Å². The third kappa shape index (κ3) is 5.44. The van der Waals surface area contributed by atoms with Crippen LogP contribution in [0.4, 0.5) is 8.78 Å². The number of amides is 1. The maximum absolute atomic E-state index is 13.0. The number of aliphatic hydroxyl groups is 1. The Balaban J connectivity index is 2.39. The Morgan fingerprint density at radius 3 is 2.55 bits per heavy atom. The van der Waals surface area contributed by atoms with E-state index in [-0.39, 0.29) is 24.3 Å². The highest BCUT2D eigenvalue weighted by molar-refractivity contribution is 5.97. The molecule has 2 N–H and O–H groups in total. The van der Waals surface area contributed by atoms with Crippen molar-refractivity contribution < 1.29 is 23.5 Å². The van der Waals surface area contributed by atoms with Gasteiger partial charge < -0.3 is 10.4 Å². The molecule has 1 aromatic rings. The third-order valence-electron chi connectivity index (χ3n) is 2.70. The fourth-order valence-electron chi connectivity index (χ4n) is 1.55. The number of carbonyl (C=O) groups excluding carboxylic acids is 2. The summed E-state index contributed by atoms with van der Waals surface area (Å²) in [6.45, 7) is 1.94. The van der Waals surface area contributed by atoms with Gasteiger partial charge >= 0.3 is 0 Å². The lowest BCUT2D eigenvalue weighted by molar-refractivity contribution is -0.121. The first-order chi connectivity index (χ1) is 9.40. The van der Waals surface area contributed by atoms with Crippen LogP contribution in [0.3, 0.4) is 0 Å². The topological polar surface area (TPSA) is 66.4 Å². The van der Waals surface area contributed by atoms with E-state index >= 15 is 0 Å². The van der Waals surface area contributed by atoms with Gasteiger partial charge in [0.1, 0.15) is 0 Å². The number of rotatable bonds is 7. The normalized spacial score (nSPS) is 12.0. The van der Waals surface area contributed by atoms with Crippen molar-refractivity contribution in [1.29, 1.82) is 0 Å². The average molecular weight is 285 g/mol. The van der Waals surface area contributed by atoms with Crippen LogP contribution in [0.25, 0.3) is 0 Å². The standard InChI is InChI=1S/C14H17F2NO3/c1-9(18)6-7-17-14(20)5-4-13(19)10-2-3-11(15)12(16)8-10/h2-3,8-9,18H,4-7H2,1H3,(H,17,20). The molecule has 0 bridgehead atoms. The number of aliphatic hydroxyl groups excluding tert-OH is 1. The monoisotopic (exact) mass is 285 g/mol. The Kier molecular flexibility index (Phi) is 6.24. The van der Waals surface area contributed by atoms with Gasteiger partial charge in [-0.05, 0) is 31.5 Å². The zero-order valence-corrected chi connectivity index (χ0v) is 11.2. The highest BCUT2D eigenvalue weighted by Crippen LogP contribution is 2.11. The van der Waals surface area contributed by atoms with Gasteiger partial charge in [0.25, 0.3) is 0 Å². The van der Waals surface area contributed by atoms with Crippen LogP contribution in [0.15, 0.2) is 18.2 Å². The fourth-order valence-corrected chi connectivity index (χ4v) is 1.55. The summed E-state index contributed by atoms with van der Waals surface area (Å²) >= 11 is 0. The summed E-state index contributed by atoms with van der Waals surface area (Å²) in [4.78, 5) is 23.1. The molecule has 1 amide bonds. The van der Waals surface area contributed by atoms with Gasteiger partial charge in [-0.2, -0.15) is 0 Å². The van der Waals surface area contributed by atoms with Gasteiger partial charge in [0.2, 0.25) is 5.91 Å². The van der Waals surface area contributed by atoms with Crippen LogP contribution in [0.1, 0.15) is 36.5 Å². The lowest BCUT2D eigenvalue weighted by Gasteiger charge is -2.06. The van der Waals surface area contributed by atoms with E-state index in [4.69, 9.17) is 5.11 Å². The van der Waals surface area contributed by atoms with E-state index in [1.165, 1.54) is 6.07 Å². The zero-order chi connectivity index (χ0) is 15.1. The van der Waals surface area contributed by atoms with E-state index in [9.17, 15) is 18.4 Å². The molecule has 0 radical (unpaired) electrons. The molecule has 0 heterocycles. The molecule has 4 nitrogen and oxygen atoms in total. The molecule has 0 aromatic heterocycles. The molecule has 0 saturated carbocycles. The molecule has 1 unspecified atom stereocenters.